The number of anilines is 1. The maximum atomic E-state index is 12.0. The summed E-state index contributed by atoms with van der Waals surface area (Å²) >= 11 is 0. The van der Waals surface area contributed by atoms with Crippen LogP contribution in [0.4, 0.5) is 5.69 Å². The number of carbonyl (C=O) groups is 1. The first kappa shape index (κ1) is 24.7. The van der Waals surface area contributed by atoms with E-state index in [9.17, 15) is 4.79 Å². The number of amides is 1. The van der Waals surface area contributed by atoms with Crippen LogP contribution in [0.5, 0.6) is 5.75 Å². The van der Waals surface area contributed by atoms with Crippen LogP contribution in [0.15, 0.2) is 36.9 Å². The number of piperazine rings is 1. The van der Waals surface area contributed by atoms with E-state index in [1.165, 1.54) is 6.33 Å². The first-order valence-electron chi connectivity index (χ1n) is 12.5. The van der Waals surface area contributed by atoms with Crippen LogP contribution in [-0.4, -0.2) is 99.4 Å². The third-order valence-electron chi connectivity index (χ3n) is 6.82. The molecule has 1 aliphatic rings. The lowest BCUT2D eigenvalue weighted by molar-refractivity contribution is -0.129. The van der Waals surface area contributed by atoms with Crippen LogP contribution in [0.3, 0.4) is 0 Å². The minimum atomic E-state index is 0.137. The Labute approximate surface area is 216 Å². The predicted octanol–water partition coefficient (Wildman–Crippen LogP) is 2.52. The quantitative estimate of drug-likeness (QED) is 0.410. The van der Waals surface area contributed by atoms with Gasteiger partial charge in [0.2, 0.25) is 5.91 Å². The first-order valence-corrected chi connectivity index (χ1v) is 12.5. The third-order valence-corrected chi connectivity index (χ3v) is 6.82. The molecule has 4 aromatic rings. The number of hydrogen-bond acceptors (Lipinski definition) is 8. The Balaban J connectivity index is 1.37. The van der Waals surface area contributed by atoms with Crippen molar-refractivity contribution in [2.24, 2.45) is 0 Å². The molecule has 1 aliphatic heterocycles. The van der Waals surface area contributed by atoms with Crippen LogP contribution in [-0.2, 0) is 4.79 Å². The average Bonchev–Trinajstić information content (AvgIpc) is 3.56. The molecule has 0 atom stereocenters. The van der Waals surface area contributed by atoms with Crippen LogP contribution in [0.25, 0.3) is 28.3 Å². The maximum absolute atomic E-state index is 12.0. The van der Waals surface area contributed by atoms with Crippen molar-refractivity contribution < 1.29 is 9.53 Å². The van der Waals surface area contributed by atoms with Crippen molar-refractivity contribution in [3.63, 3.8) is 0 Å². The second kappa shape index (κ2) is 10.2. The predicted molar refractivity (Wildman–Crippen MR) is 142 cm³/mol. The summed E-state index contributed by atoms with van der Waals surface area (Å²) in [6.45, 7) is 8.18. The van der Waals surface area contributed by atoms with Crippen molar-refractivity contribution in [1.29, 1.82) is 0 Å². The van der Waals surface area contributed by atoms with Crippen LogP contribution >= 0.6 is 0 Å². The number of likely N-dealkylation sites (N-methyl/N-ethyl adjacent to an activating group) is 1. The molecular weight excluding hydrogens is 470 g/mol. The molecule has 1 saturated heterocycles. The number of methoxy groups -OCH3 is 1. The second-order valence-corrected chi connectivity index (χ2v) is 9.79. The second-order valence-electron chi connectivity index (χ2n) is 9.79. The number of pyridine rings is 2. The molecule has 4 aromatic heterocycles. The number of ether oxygens (including phenoxy) is 1. The van der Waals surface area contributed by atoms with Gasteiger partial charge in [-0.25, -0.2) is 9.50 Å². The number of nitrogens with zero attached hydrogens (tertiary/aromatic N) is 8. The van der Waals surface area contributed by atoms with E-state index in [1.807, 2.05) is 24.5 Å². The number of fused-ring (bicyclic) bond motifs is 1. The summed E-state index contributed by atoms with van der Waals surface area (Å²) in [6.07, 6.45) is 5.35. The van der Waals surface area contributed by atoms with Gasteiger partial charge >= 0.3 is 0 Å². The molecule has 0 unspecified atom stereocenters. The van der Waals surface area contributed by atoms with Crippen molar-refractivity contribution in [2.45, 2.75) is 19.8 Å². The summed E-state index contributed by atoms with van der Waals surface area (Å²) in [7, 11) is 5.22. The van der Waals surface area contributed by atoms with E-state index < -0.39 is 0 Å². The minimum Gasteiger partial charge on any atom is -0.493 e. The summed E-state index contributed by atoms with van der Waals surface area (Å²) in [5.41, 5.74) is 6.31. The summed E-state index contributed by atoms with van der Waals surface area (Å²) in [5.74, 6) is 0.994. The first-order chi connectivity index (χ1) is 17.9. The van der Waals surface area contributed by atoms with Gasteiger partial charge in [-0.3, -0.25) is 19.8 Å². The lowest BCUT2D eigenvalue weighted by Crippen LogP contribution is -2.49. The molecule has 1 fully saturated rings. The zero-order valence-electron chi connectivity index (χ0n) is 22.0. The van der Waals surface area contributed by atoms with E-state index in [0.717, 1.165) is 60.1 Å². The number of aromatic nitrogens is 6. The molecule has 11 heteroatoms. The Morgan fingerprint density at radius 2 is 1.95 bits per heavy atom. The highest BCUT2D eigenvalue weighted by molar-refractivity contribution is 5.78. The maximum Gasteiger partial charge on any atom is 0.236 e. The van der Waals surface area contributed by atoms with Gasteiger partial charge in [0, 0.05) is 57.6 Å². The molecule has 1 N–H and O–H groups in total. The van der Waals surface area contributed by atoms with Crippen molar-refractivity contribution in [1.82, 2.24) is 39.6 Å². The molecule has 1 amide bonds. The standard InChI is InChI=1S/C26H33N9O2/c1-17(2)23-24(18-12-21(37-5)26-28-16-29-35(26)14-18)30-31-25(23)20-7-6-19(13-27-20)34-10-8-33(9-11-34)15-22(36)32(3)4/h6-7,12-14,16-17H,8-11,15H2,1-5H3,(H,30,31). The monoisotopic (exact) mass is 503 g/mol. The highest BCUT2D eigenvalue weighted by Gasteiger charge is 2.23. The summed E-state index contributed by atoms with van der Waals surface area (Å²) in [6, 6.07) is 6.09. The van der Waals surface area contributed by atoms with E-state index in [1.54, 1.807) is 30.6 Å². The number of nitrogens with one attached hydrogen (secondary N) is 1. The van der Waals surface area contributed by atoms with Crippen molar-refractivity contribution in [2.75, 3.05) is 58.8 Å². The highest BCUT2D eigenvalue weighted by atomic mass is 16.5. The molecule has 11 nitrogen and oxygen atoms in total. The van der Waals surface area contributed by atoms with E-state index in [2.05, 4.69) is 50.0 Å². The zero-order valence-corrected chi connectivity index (χ0v) is 22.0. The normalized spacial score (nSPS) is 14.5. The largest absolute Gasteiger partial charge is 0.493 e. The van der Waals surface area contributed by atoms with Gasteiger partial charge in [-0.15, -0.1) is 0 Å². The minimum absolute atomic E-state index is 0.137. The van der Waals surface area contributed by atoms with Crippen LogP contribution in [0.1, 0.15) is 25.3 Å². The number of aromatic amines is 1. The van der Waals surface area contributed by atoms with Gasteiger partial charge in [-0.1, -0.05) is 13.8 Å². The van der Waals surface area contributed by atoms with Gasteiger partial charge < -0.3 is 14.5 Å². The van der Waals surface area contributed by atoms with Crippen LogP contribution < -0.4 is 9.64 Å². The third kappa shape index (κ3) is 4.86. The Morgan fingerprint density at radius 1 is 1.16 bits per heavy atom. The fourth-order valence-electron chi connectivity index (χ4n) is 4.72. The Morgan fingerprint density at radius 3 is 2.59 bits per heavy atom. The lowest BCUT2D eigenvalue weighted by atomic mass is 9.96. The molecule has 0 aromatic carbocycles. The van der Waals surface area contributed by atoms with Gasteiger partial charge in [0.1, 0.15) is 12.0 Å². The fourth-order valence-corrected chi connectivity index (χ4v) is 4.72. The van der Waals surface area contributed by atoms with Gasteiger partial charge in [-0.05, 0) is 24.1 Å². The highest BCUT2D eigenvalue weighted by Crippen LogP contribution is 2.36. The van der Waals surface area contributed by atoms with Crippen molar-refractivity contribution in [3.8, 4) is 28.4 Å². The molecule has 37 heavy (non-hydrogen) atoms. The van der Waals surface area contributed by atoms with Crippen LogP contribution in [0.2, 0.25) is 0 Å². The molecule has 5 rings (SSSR count). The molecule has 0 spiro atoms. The van der Waals surface area contributed by atoms with E-state index >= 15 is 0 Å². The lowest BCUT2D eigenvalue weighted by Gasteiger charge is -2.35. The number of hydrogen-bond donors (Lipinski definition) is 1. The Hall–Kier alpha value is -3.99. The number of rotatable bonds is 7. The van der Waals surface area contributed by atoms with Gasteiger partial charge in [0.15, 0.2) is 11.4 Å². The summed E-state index contributed by atoms with van der Waals surface area (Å²) in [4.78, 5) is 27.2. The van der Waals surface area contributed by atoms with Gasteiger partial charge in [0.25, 0.3) is 0 Å². The smallest absolute Gasteiger partial charge is 0.236 e. The van der Waals surface area contributed by atoms with Crippen molar-refractivity contribution >= 4 is 17.2 Å². The van der Waals surface area contributed by atoms with Gasteiger partial charge in [0.05, 0.1) is 36.9 Å². The molecule has 194 valence electrons. The number of carbonyl (C=O) groups excluding carboxylic acids is 1. The molecule has 0 aliphatic carbocycles. The average molecular weight is 504 g/mol. The van der Waals surface area contributed by atoms with Crippen LogP contribution in [0, 0.1) is 0 Å². The van der Waals surface area contributed by atoms with E-state index in [4.69, 9.17) is 9.72 Å². The van der Waals surface area contributed by atoms with E-state index in [-0.39, 0.29) is 11.8 Å². The SMILES string of the molecule is COc1cc(-c2[nH]nc(-c3ccc(N4CCN(CC(=O)N(C)C)CC4)cn3)c2C(C)C)cn2ncnc12. The Bertz CT molecular complexity index is 1380. The molecule has 5 heterocycles. The molecule has 0 bridgehead atoms. The molecular formula is C26H33N9O2. The summed E-state index contributed by atoms with van der Waals surface area (Å²) in [5, 5.41) is 12.2. The topological polar surface area (TPSA) is 108 Å². The summed E-state index contributed by atoms with van der Waals surface area (Å²) < 4.78 is 7.26. The number of H-pyrrole nitrogens is 1. The van der Waals surface area contributed by atoms with E-state index in [0.29, 0.717) is 17.9 Å². The zero-order chi connectivity index (χ0) is 26.1. The fraction of sp³-hybridized carbons (Fsp3) is 0.423. The van der Waals surface area contributed by atoms with Gasteiger partial charge in [-0.2, -0.15) is 10.2 Å². The molecule has 0 radical (unpaired) electrons. The Kier molecular flexibility index (Phi) is 6.79. The van der Waals surface area contributed by atoms with Crippen molar-refractivity contribution in [3.05, 3.63) is 42.5 Å². The molecule has 0 saturated carbocycles.